The summed E-state index contributed by atoms with van der Waals surface area (Å²) in [4.78, 5) is 20.5. The molecule has 8 nitrogen and oxygen atoms in total. The SMILES string of the molecule is Cc1nn(C)c(C)c1CCC(=O)OC(C)c1nc(-c2cccnc2)no1. The monoisotopic (exact) mass is 355 g/mol. The van der Waals surface area contributed by atoms with E-state index in [1.165, 1.54) is 0 Å². The van der Waals surface area contributed by atoms with Crippen LogP contribution in [-0.4, -0.2) is 30.9 Å². The summed E-state index contributed by atoms with van der Waals surface area (Å²) in [6.45, 7) is 5.63. The van der Waals surface area contributed by atoms with Crippen molar-refractivity contribution >= 4 is 5.97 Å². The molecule has 0 radical (unpaired) electrons. The van der Waals surface area contributed by atoms with Crippen LogP contribution in [-0.2, 0) is 23.0 Å². The highest BCUT2D eigenvalue weighted by molar-refractivity contribution is 5.70. The van der Waals surface area contributed by atoms with Crippen LogP contribution < -0.4 is 0 Å². The van der Waals surface area contributed by atoms with Crippen molar-refractivity contribution in [3.8, 4) is 11.4 Å². The minimum Gasteiger partial charge on any atom is -0.453 e. The molecule has 0 N–H and O–H groups in total. The van der Waals surface area contributed by atoms with Gasteiger partial charge in [-0.25, -0.2) is 0 Å². The second-order valence-electron chi connectivity index (χ2n) is 6.10. The first-order valence-electron chi connectivity index (χ1n) is 8.38. The summed E-state index contributed by atoms with van der Waals surface area (Å²) in [5.74, 6) is 0.352. The molecule has 0 amide bonds. The minimum absolute atomic E-state index is 0.256. The number of carbonyl (C=O) groups excluding carboxylic acids is 1. The number of aryl methyl sites for hydroxylation is 2. The largest absolute Gasteiger partial charge is 0.453 e. The molecule has 3 heterocycles. The lowest BCUT2D eigenvalue weighted by molar-refractivity contribution is -0.149. The maximum atomic E-state index is 12.2. The number of esters is 1. The van der Waals surface area contributed by atoms with Crippen molar-refractivity contribution in [2.45, 2.75) is 39.7 Å². The van der Waals surface area contributed by atoms with Gasteiger partial charge in [0.2, 0.25) is 5.82 Å². The normalized spacial score (nSPS) is 12.2. The predicted molar refractivity (Wildman–Crippen MR) is 93.0 cm³/mol. The first-order valence-corrected chi connectivity index (χ1v) is 8.38. The summed E-state index contributed by atoms with van der Waals surface area (Å²) >= 11 is 0. The Hall–Kier alpha value is -3.03. The van der Waals surface area contributed by atoms with E-state index in [9.17, 15) is 4.79 Å². The van der Waals surface area contributed by atoms with Crippen molar-refractivity contribution in [1.29, 1.82) is 0 Å². The summed E-state index contributed by atoms with van der Waals surface area (Å²) < 4.78 is 12.4. The molecule has 0 aliphatic carbocycles. The van der Waals surface area contributed by atoms with Crippen LogP contribution in [0.5, 0.6) is 0 Å². The Bertz CT molecular complexity index is 901. The van der Waals surface area contributed by atoms with Gasteiger partial charge in [-0.15, -0.1) is 0 Å². The quantitative estimate of drug-likeness (QED) is 0.627. The molecule has 0 saturated carbocycles. The smallest absolute Gasteiger partial charge is 0.306 e. The van der Waals surface area contributed by atoms with E-state index in [1.54, 1.807) is 25.4 Å². The first-order chi connectivity index (χ1) is 12.5. The topological polar surface area (TPSA) is 95.9 Å². The van der Waals surface area contributed by atoms with E-state index >= 15 is 0 Å². The molecule has 0 aliphatic heterocycles. The number of ether oxygens (including phenoxy) is 1. The van der Waals surface area contributed by atoms with Crippen molar-refractivity contribution < 1.29 is 14.1 Å². The van der Waals surface area contributed by atoms with Crippen molar-refractivity contribution in [2.75, 3.05) is 0 Å². The highest BCUT2D eigenvalue weighted by Crippen LogP contribution is 2.21. The van der Waals surface area contributed by atoms with Gasteiger partial charge >= 0.3 is 5.97 Å². The molecule has 0 aliphatic rings. The molecule has 3 aromatic heterocycles. The van der Waals surface area contributed by atoms with E-state index in [2.05, 4.69) is 20.2 Å². The fourth-order valence-corrected chi connectivity index (χ4v) is 2.73. The molecular weight excluding hydrogens is 334 g/mol. The van der Waals surface area contributed by atoms with Crippen LogP contribution in [0.3, 0.4) is 0 Å². The molecule has 0 aromatic carbocycles. The number of pyridine rings is 1. The molecule has 0 spiro atoms. The van der Waals surface area contributed by atoms with Crippen LogP contribution in [0.1, 0.15) is 42.3 Å². The van der Waals surface area contributed by atoms with E-state index in [1.807, 2.05) is 31.6 Å². The zero-order chi connectivity index (χ0) is 18.7. The molecule has 26 heavy (non-hydrogen) atoms. The van der Waals surface area contributed by atoms with E-state index < -0.39 is 6.10 Å². The Labute approximate surface area is 151 Å². The molecule has 1 atom stereocenters. The Morgan fingerprint density at radius 2 is 2.19 bits per heavy atom. The lowest BCUT2D eigenvalue weighted by Crippen LogP contribution is -2.10. The van der Waals surface area contributed by atoms with Gasteiger partial charge in [-0.3, -0.25) is 14.5 Å². The fraction of sp³-hybridized carbons (Fsp3) is 0.389. The Kier molecular flexibility index (Phi) is 5.11. The zero-order valence-electron chi connectivity index (χ0n) is 15.3. The molecular formula is C18H21N5O3. The van der Waals surface area contributed by atoms with Crippen LogP contribution in [0.25, 0.3) is 11.4 Å². The van der Waals surface area contributed by atoms with Gasteiger partial charge in [-0.2, -0.15) is 10.1 Å². The Morgan fingerprint density at radius 1 is 1.38 bits per heavy atom. The highest BCUT2D eigenvalue weighted by atomic mass is 16.6. The molecule has 0 fully saturated rings. The van der Waals surface area contributed by atoms with Crippen LogP contribution in [0, 0.1) is 13.8 Å². The van der Waals surface area contributed by atoms with E-state index in [0.29, 0.717) is 12.2 Å². The van der Waals surface area contributed by atoms with Crippen LogP contribution in [0.4, 0.5) is 0 Å². The van der Waals surface area contributed by atoms with Gasteiger partial charge in [0.1, 0.15) is 0 Å². The summed E-state index contributed by atoms with van der Waals surface area (Å²) in [6.07, 6.45) is 3.55. The van der Waals surface area contributed by atoms with Gasteiger partial charge in [-0.05, 0) is 44.9 Å². The maximum absolute atomic E-state index is 12.2. The molecule has 0 bridgehead atoms. The second-order valence-corrected chi connectivity index (χ2v) is 6.10. The lowest BCUT2D eigenvalue weighted by atomic mass is 10.1. The second kappa shape index (κ2) is 7.47. The summed E-state index contributed by atoms with van der Waals surface area (Å²) in [5, 5.41) is 8.26. The summed E-state index contributed by atoms with van der Waals surface area (Å²) in [7, 11) is 1.89. The van der Waals surface area contributed by atoms with Gasteiger partial charge in [0.15, 0.2) is 6.10 Å². The summed E-state index contributed by atoms with van der Waals surface area (Å²) in [6, 6.07) is 3.62. The minimum atomic E-state index is -0.614. The molecule has 136 valence electrons. The number of rotatable bonds is 6. The number of nitrogens with zero attached hydrogens (tertiary/aromatic N) is 5. The third kappa shape index (κ3) is 3.79. The fourth-order valence-electron chi connectivity index (χ4n) is 2.73. The van der Waals surface area contributed by atoms with Crippen molar-refractivity contribution in [3.63, 3.8) is 0 Å². The standard InChI is InChI=1S/C18H21N5O3/c1-11-15(12(2)23(4)21-11)7-8-16(24)25-13(3)18-20-17(22-26-18)14-6-5-9-19-10-14/h5-6,9-10,13H,7-8H2,1-4H3. The van der Waals surface area contributed by atoms with Gasteiger partial charge in [-0.1, -0.05) is 5.16 Å². The van der Waals surface area contributed by atoms with Gasteiger partial charge in [0.05, 0.1) is 5.69 Å². The number of aromatic nitrogens is 5. The molecule has 3 rings (SSSR count). The van der Waals surface area contributed by atoms with Crippen LogP contribution in [0.2, 0.25) is 0 Å². The van der Waals surface area contributed by atoms with Gasteiger partial charge < -0.3 is 9.26 Å². The molecule has 1 unspecified atom stereocenters. The van der Waals surface area contributed by atoms with Crippen molar-refractivity contribution in [1.82, 2.24) is 24.9 Å². The van der Waals surface area contributed by atoms with E-state index in [4.69, 9.17) is 9.26 Å². The number of carbonyl (C=O) groups is 1. The van der Waals surface area contributed by atoms with Crippen molar-refractivity contribution in [2.24, 2.45) is 7.05 Å². The number of hydrogen-bond donors (Lipinski definition) is 0. The third-order valence-corrected chi connectivity index (χ3v) is 4.26. The zero-order valence-corrected chi connectivity index (χ0v) is 15.3. The molecule has 3 aromatic rings. The first kappa shape index (κ1) is 17.8. The highest BCUT2D eigenvalue weighted by Gasteiger charge is 2.20. The van der Waals surface area contributed by atoms with Crippen LogP contribution >= 0.6 is 0 Å². The Balaban J connectivity index is 1.58. The van der Waals surface area contributed by atoms with E-state index in [-0.39, 0.29) is 18.3 Å². The third-order valence-electron chi connectivity index (χ3n) is 4.26. The van der Waals surface area contributed by atoms with Crippen molar-refractivity contribution in [3.05, 3.63) is 47.4 Å². The predicted octanol–water partition coefficient (Wildman–Crippen LogP) is 2.72. The average Bonchev–Trinajstić information content (AvgIpc) is 3.20. The average molecular weight is 355 g/mol. The van der Waals surface area contributed by atoms with E-state index in [0.717, 1.165) is 22.5 Å². The number of hydrogen-bond acceptors (Lipinski definition) is 7. The Morgan fingerprint density at radius 3 is 2.85 bits per heavy atom. The molecule has 0 saturated heterocycles. The van der Waals surface area contributed by atoms with Gasteiger partial charge in [0, 0.05) is 37.1 Å². The van der Waals surface area contributed by atoms with Crippen LogP contribution in [0.15, 0.2) is 29.0 Å². The molecule has 8 heteroatoms. The van der Waals surface area contributed by atoms with Gasteiger partial charge in [0.25, 0.3) is 5.89 Å². The summed E-state index contributed by atoms with van der Waals surface area (Å²) in [5.41, 5.74) is 3.81. The lowest BCUT2D eigenvalue weighted by Gasteiger charge is -2.09. The maximum Gasteiger partial charge on any atom is 0.306 e.